The molecule has 0 spiro atoms. The Labute approximate surface area is 141 Å². The average Bonchev–Trinajstić information content (AvgIpc) is 3.05. The molecule has 1 aromatic carbocycles. The summed E-state index contributed by atoms with van der Waals surface area (Å²) in [4.78, 5) is 19.7. The Kier molecular flexibility index (Phi) is 4.79. The molecule has 0 aliphatic heterocycles. The summed E-state index contributed by atoms with van der Waals surface area (Å²) in [6, 6.07) is 7.79. The van der Waals surface area contributed by atoms with E-state index in [1.54, 1.807) is 6.20 Å². The van der Waals surface area contributed by atoms with Crippen molar-refractivity contribution in [3.8, 4) is 0 Å². The van der Waals surface area contributed by atoms with E-state index in [1.807, 2.05) is 24.3 Å². The zero-order valence-corrected chi connectivity index (χ0v) is 13.7. The number of nitrogen functional groups attached to an aromatic ring is 1. The third kappa shape index (κ3) is 4.13. The van der Waals surface area contributed by atoms with E-state index >= 15 is 0 Å². The Hall–Kier alpha value is -2.83. The first-order valence-electron chi connectivity index (χ1n) is 8.14. The number of carbonyl (C=O) groups excluding carboxylic acids is 1. The standard InChI is InChI=1S/C17H22N6O/c1-11(24)20-13-6-8-14(9-7-13)22-17-19-10-15(18)16(23-17)21-12-4-2-3-5-12/h6-10,12H,2-5,18H2,1H3,(H,20,24)(H2,19,21,22,23). The Morgan fingerprint density at radius 2 is 1.83 bits per heavy atom. The van der Waals surface area contributed by atoms with E-state index in [0.29, 0.717) is 23.5 Å². The number of amides is 1. The number of rotatable bonds is 5. The molecule has 0 bridgehead atoms. The van der Waals surface area contributed by atoms with Gasteiger partial charge in [-0.2, -0.15) is 4.98 Å². The third-order valence-corrected chi connectivity index (χ3v) is 3.97. The zero-order chi connectivity index (χ0) is 16.9. The van der Waals surface area contributed by atoms with Gasteiger partial charge in [0.1, 0.15) is 0 Å². The minimum atomic E-state index is -0.0970. The van der Waals surface area contributed by atoms with Crippen molar-refractivity contribution >= 4 is 34.7 Å². The maximum Gasteiger partial charge on any atom is 0.229 e. The van der Waals surface area contributed by atoms with Crippen LogP contribution in [0.5, 0.6) is 0 Å². The van der Waals surface area contributed by atoms with E-state index in [1.165, 1.54) is 19.8 Å². The van der Waals surface area contributed by atoms with Crippen molar-refractivity contribution in [1.29, 1.82) is 0 Å². The zero-order valence-electron chi connectivity index (χ0n) is 13.7. The fourth-order valence-electron chi connectivity index (χ4n) is 2.80. The second kappa shape index (κ2) is 7.16. The van der Waals surface area contributed by atoms with Crippen LogP contribution in [0.15, 0.2) is 30.5 Å². The van der Waals surface area contributed by atoms with Crippen molar-refractivity contribution in [2.45, 2.75) is 38.6 Å². The molecule has 1 amide bonds. The number of hydrogen-bond donors (Lipinski definition) is 4. The highest BCUT2D eigenvalue weighted by Crippen LogP contribution is 2.25. The summed E-state index contributed by atoms with van der Waals surface area (Å²) in [6.07, 6.45) is 6.40. The SMILES string of the molecule is CC(=O)Nc1ccc(Nc2ncc(N)c(NC3CCCC3)n2)cc1. The lowest BCUT2D eigenvalue weighted by molar-refractivity contribution is -0.114. The highest BCUT2D eigenvalue weighted by molar-refractivity contribution is 5.88. The van der Waals surface area contributed by atoms with Gasteiger partial charge >= 0.3 is 0 Å². The van der Waals surface area contributed by atoms with Crippen molar-refractivity contribution < 1.29 is 4.79 Å². The van der Waals surface area contributed by atoms with Crippen molar-refractivity contribution in [3.05, 3.63) is 30.5 Å². The van der Waals surface area contributed by atoms with Crippen molar-refractivity contribution in [1.82, 2.24) is 9.97 Å². The largest absolute Gasteiger partial charge is 0.394 e. The number of carbonyl (C=O) groups is 1. The highest BCUT2D eigenvalue weighted by Gasteiger charge is 2.16. The lowest BCUT2D eigenvalue weighted by atomic mass is 10.2. The van der Waals surface area contributed by atoms with Crippen molar-refractivity contribution in [3.63, 3.8) is 0 Å². The molecule has 7 nitrogen and oxygen atoms in total. The topological polar surface area (TPSA) is 105 Å². The molecular formula is C17H22N6O. The Balaban J connectivity index is 1.69. The molecule has 126 valence electrons. The van der Waals surface area contributed by atoms with Gasteiger partial charge in [0, 0.05) is 24.3 Å². The van der Waals surface area contributed by atoms with Gasteiger partial charge in [0.2, 0.25) is 11.9 Å². The number of benzene rings is 1. The summed E-state index contributed by atoms with van der Waals surface area (Å²) in [5, 5.41) is 9.28. The summed E-state index contributed by atoms with van der Waals surface area (Å²) >= 11 is 0. The Bertz CT molecular complexity index is 710. The van der Waals surface area contributed by atoms with Crippen LogP contribution in [-0.2, 0) is 4.79 Å². The second-order valence-electron chi connectivity index (χ2n) is 6.01. The Morgan fingerprint density at radius 3 is 2.50 bits per heavy atom. The first-order chi connectivity index (χ1) is 11.6. The van der Waals surface area contributed by atoms with E-state index in [4.69, 9.17) is 5.73 Å². The number of anilines is 5. The van der Waals surface area contributed by atoms with Crippen LogP contribution < -0.4 is 21.7 Å². The first-order valence-corrected chi connectivity index (χ1v) is 8.14. The first kappa shape index (κ1) is 16.0. The van der Waals surface area contributed by atoms with Gasteiger partial charge in [0.25, 0.3) is 0 Å². The molecule has 7 heteroatoms. The average molecular weight is 326 g/mol. The van der Waals surface area contributed by atoms with Gasteiger partial charge in [-0.15, -0.1) is 0 Å². The second-order valence-corrected chi connectivity index (χ2v) is 6.01. The lowest BCUT2D eigenvalue weighted by Crippen LogP contribution is -2.17. The molecule has 0 atom stereocenters. The molecule has 1 aromatic heterocycles. The van der Waals surface area contributed by atoms with Crippen LogP contribution in [0.1, 0.15) is 32.6 Å². The van der Waals surface area contributed by atoms with Crippen LogP contribution in [0.25, 0.3) is 0 Å². The molecule has 0 unspecified atom stereocenters. The van der Waals surface area contributed by atoms with E-state index in [9.17, 15) is 4.79 Å². The van der Waals surface area contributed by atoms with Gasteiger partial charge in [-0.05, 0) is 37.1 Å². The molecule has 1 saturated carbocycles. The summed E-state index contributed by atoms with van der Waals surface area (Å²) < 4.78 is 0. The van der Waals surface area contributed by atoms with Gasteiger partial charge < -0.3 is 21.7 Å². The highest BCUT2D eigenvalue weighted by atomic mass is 16.1. The minimum absolute atomic E-state index is 0.0970. The normalized spacial score (nSPS) is 14.4. The predicted octanol–water partition coefficient (Wildman–Crippen LogP) is 3.12. The smallest absolute Gasteiger partial charge is 0.229 e. The fraction of sp³-hybridized carbons (Fsp3) is 0.353. The number of nitrogens with two attached hydrogens (primary N) is 1. The fourth-order valence-corrected chi connectivity index (χ4v) is 2.80. The molecule has 3 rings (SSSR count). The predicted molar refractivity (Wildman–Crippen MR) is 96.4 cm³/mol. The molecule has 24 heavy (non-hydrogen) atoms. The van der Waals surface area contributed by atoms with Gasteiger partial charge in [0.05, 0.1) is 11.9 Å². The van der Waals surface area contributed by atoms with Gasteiger partial charge in [0.15, 0.2) is 5.82 Å². The maximum atomic E-state index is 11.0. The van der Waals surface area contributed by atoms with Gasteiger partial charge in [-0.25, -0.2) is 4.98 Å². The minimum Gasteiger partial charge on any atom is -0.394 e. The van der Waals surface area contributed by atoms with Crippen LogP contribution in [0.3, 0.4) is 0 Å². The molecule has 1 fully saturated rings. The third-order valence-electron chi connectivity index (χ3n) is 3.97. The van der Waals surface area contributed by atoms with Crippen LogP contribution in [0.2, 0.25) is 0 Å². The molecule has 2 aromatic rings. The van der Waals surface area contributed by atoms with Gasteiger partial charge in [-0.3, -0.25) is 4.79 Å². The van der Waals surface area contributed by atoms with Gasteiger partial charge in [-0.1, -0.05) is 12.8 Å². The molecule has 1 heterocycles. The lowest BCUT2D eigenvalue weighted by Gasteiger charge is -2.15. The number of nitrogens with zero attached hydrogens (tertiary/aromatic N) is 2. The van der Waals surface area contributed by atoms with Crippen LogP contribution in [-0.4, -0.2) is 21.9 Å². The molecule has 0 saturated heterocycles. The van der Waals surface area contributed by atoms with Crippen LogP contribution in [0.4, 0.5) is 28.8 Å². The monoisotopic (exact) mass is 326 g/mol. The molecule has 1 aliphatic carbocycles. The Morgan fingerprint density at radius 1 is 1.17 bits per heavy atom. The summed E-state index contributed by atoms with van der Waals surface area (Å²) in [6.45, 7) is 1.48. The maximum absolute atomic E-state index is 11.0. The molecular weight excluding hydrogens is 304 g/mol. The van der Waals surface area contributed by atoms with Crippen LogP contribution >= 0.6 is 0 Å². The van der Waals surface area contributed by atoms with E-state index in [0.717, 1.165) is 24.2 Å². The summed E-state index contributed by atoms with van der Waals surface area (Å²) in [5.41, 5.74) is 8.10. The molecule has 1 aliphatic rings. The number of nitrogens with one attached hydrogen (secondary N) is 3. The number of aromatic nitrogens is 2. The van der Waals surface area contributed by atoms with E-state index in [-0.39, 0.29) is 5.91 Å². The van der Waals surface area contributed by atoms with E-state index in [2.05, 4.69) is 25.9 Å². The molecule has 5 N–H and O–H groups in total. The molecule has 0 radical (unpaired) electrons. The van der Waals surface area contributed by atoms with Crippen molar-refractivity contribution in [2.24, 2.45) is 0 Å². The summed E-state index contributed by atoms with van der Waals surface area (Å²) in [7, 11) is 0. The van der Waals surface area contributed by atoms with Crippen LogP contribution in [0, 0.1) is 0 Å². The quantitative estimate of drug-likeness (QED) is 0.673. The van der Waals surface area contributed by atoms with E-state index < -0.39 is 0 Å². The number of hydrogen-bond acceptors (Lipinski definition) is 6. The summed E-state index contributed by atoms with van der Waals surface area (Å²) in [5.74, 6) is 1.06. The van der Waals surface area contributed by atoms with Crippen molar-refractivity contribution in [2.75, 3.05) is 21.7 Å².